The molecule has 2 aromatic rings. The van der Waals surface area contributed by atoms with Gasteiger partial charge in [0.15, 0.2) is 5.78 Å². The zero-order valence-corrected chi connectivity index (χ0v) is 10.5. The molecule has 0 fully saturated rings. The zero-order valence-electron chi connectivity index (χ0n) is 10.5. The smallest absolute Gasteiger partial charge is 0.166 e. The summed E-state index contributed by atoms with van der Waals surface area (Å²) in [6.07, 6.45) is 4.49. The van der Waals surface area contributed by atoms with E-state index < -0.39 is 0 Å². The molecule has 1 aliphatic rings. The van der Waals surface area contributed by atoms with Crippen molar-refractivity contribution in [2.24, 2.45) is 0 Å². The number of carbonyl (C=O) groups is 1. The number of ketones is 1. The zero-order chi connectivity index (χ0) is 13.2. The van der Waals surface area contributed by atoms with E-state index in [1.54, 1.807) is 6.20 Å². The number of aromatic nitrogens is 2. The van der Waals surface area contributed by atoms with Crippen molar-refractivity contribution in [3.63, 3.8) is 0 Å². The molecule has 0 radical (unpaired) electrons. The van der Waals surface area contributed by atoms with E-state index in [4.69, 9.17) is 5.26 Å². The Morgan fingerprint density at radius 1 is 1.26 bits per heavy atom. The first-order valence-electron chi connectivity index (χ1n) is 6.36. The van der Waals surface area contributed by atoms with Gasteiger partial charge in [0.2, 0.25) is 0 Å². The highest BCUT2D eigenvalue weighted by Gasteiger charge is 2.22. The first-order chi connectivity index (χ1) is 9.29. The SMILES string of the molecule is N#CCc1ccc(-n2ncc3c2CCCC3=O)cc1. The molecular formula is C15H13N3O. The first kappa shape index (κ1) is 11.7. The van der Waals surface area contributed by atoms with Crippen molar-refractivity contribution in [2.45, 2.75) is 25.7 Å². The predicted molar refractivity (Wildman–Crippen MR) is 70.1 cm³/mol. The third-order valence-corrected chi connectivity index (χ3v) is 3.45. The molecule has 0 aliphatic heterocycles. The minimum atomic E-state index is 0.189. The molecule has 0 spiro atoms. The number of fused-ring (bicyclic) bond motifs is 1. The average molecular weight is 251 g/mol. The lowest BCUT2D eigenvalue weighted by Gasteiger charge is -2.13. The van der Waals surface area contributed by atoms with Gasteiger partial charge in [0.1, 0.15) is 0 Å². The Kier molecular flexibility index (Phi) is 2.88. The van der Waals surface area contributed by atoms with E-state index in [9.17, 15) is 4.79 Å². The minimum absolute atomic E-state index is 0.189. The third-order valence-electron chi connectivity index (χ3n) is 3.45. The summed E-state index contributed by atoms with van der Waals surface area (Å²) in [5.41, 5.74) is 3.69. The molecule has 0 saturated carbocycles. The molecule has 94 valence electrons. The lowest BCUT2D eigenvalue weighted by atomic mass is 9.97. The highest BCUT2D eigenvalue weighted by atomic mass is 16.1. The summed E-state index contributed by atoms with van der Waals surface area (Å²) in [5.74, 6) is 0.189. The van der Waals surface area contributed by atoms with Crippen LogP contribution in [0.5, 0.6) is 0 Å². The summed E-state index contributed by atoms with van der Waals surface area (Å²) < 4.78 is 1.84. The van der Waals surface area contributed by atoms with Gasteiger partial charge in [-0.1, -0.05) is 12.1 Å². The highest BCUT2D eigenvalue weighted by molar-refractivity contribution is 5.98. The Hall–Kier alpha value is -2.41. The molecule has 0 unspecified atom stereocenters. The summed E-state index contributed by atoms with van der Waals surface area (Å²) in [4.78, 5) is 11.8. The monoisotopic (exact) mass is 251 g/mol. The second-order valence-corrected chi connectivity index (χ2v) is 4.69. The van der Waals surface area contributed by atoms with Crippen LogP contribution >= 0.6 is 0 Å². The number of nitrogens with zero attached hydrogens (tertiary/aromatic N) is 3. The number of carbonyl (C=O) groups excluding carboxylic acids is 1. The summed E-state index contributed by atoms with van der Waals surface area (Å²) in [6.45, 7) is 0. The predicted octanol–water partition coefficient (Wildman–Crippen LogP) is 2.46. The average Bonchev–Trinajstić information content (AvgIpc) is 2.85. The van der Waals surface area contributed by atoms with Gasteiger partial charge in [-0.2, -0.15) is 10.4 Å². The fourth-order valence-electron chi connectivity index (χ4n) is 2.47. The second kappa shape index (κ2) is 4.69. The molecular weight excluding hydrogens is 238 g/mol. The summed E-state index contributed by atoms with van der Waals surface area (Å²) in [5, 5.41) is 13.0. The van der Waals surface area contributed by atoms with Gasteiger partial charge in [0, 0.05) is 6.42 Å². The Bertz CT molecular complexity index is 662. The number of hydrogen-bond donors (Lipinski definition) is 0. The van der Waals surface area contributed by atoms with E-state index in [1.807, 2.05) is 28.9 Å². The largest absolute Gasteiger partial charge is 0.294 e. The van der Waals surface area contributed by atoms with Crippen LogP contribution in [0.1, 0.15) is 34.5 Å². The van der Waals surface area contributed by atoms with Crippen LogP contribution in [0.2, 0.25) is 0 Å². The van der Waals surface area contributed by atoms with Gasteiger partial charge in [0.25, 0.3) is 0 Å². The third kappa shape index (κ3) is 2.04. The molecule has 1 aromatic carbocycles. The van der Waals surface area contributed by atoms with Gasteiger partial charge in [-0.25, -0.2) is 4.68 Å². The maximum atomic E-state index is 11.8. The Balaban J connectivity index is 1.99. The molecule has 1 heterocycles. The molecule has 4 nitrogen and oxygen atoms in total. The highest BCUT2D eigenvalue weighted by Crippen LogP contribution is 2.23. The number of rotatable bonds is 2. The normalized spacial score (nSPS) is 13.9. The van der Waals surface area contributed by atoms with Crippen LogP contribution in [0.3, 0.4) is 0 Å². The van der Waals surface area contributed by atoms with Crippen molar-refractivity contribution < 1.29 is 4.79 Å². The topological polar surface area (TPSA) is 58.7 Å². The number of hydrogen-bond acceptors (Lipinski definition) is 3. The van der Waals surface area contributed by atoms with Crippen molar-refractivity contribution in [1.29, 1.82) is 5.26 Å². The molecule has 0 saturated heterocycles. The molecule has 1 aromatic heterocycles. The molecule has 0 amide bonds. The number of nitriles is 1. The van der Waals surface area contributed by atoms with Gasteiger partial charge in [-0.3, -0.25) is 4.79 Å². The van der Waals surface area contributed by atoms with Crippen LogP contribution in [-0.2, 0) is 12.8 Å². The van der Waals surface area contributed by atoms with Crippen molar-refractivity contribution in [1.82, 2.24) is 9.78 Å². The number of benzene rings is 1. The van der Waals surface area contributed by atoms with E-state index in [1.165, 1.54) is 0 Å². The summed E-state index contributed by atoms with van der Waals surface area (Å²) in [7, 11) is 0. The minimum Gasteiger partial charge on any atom is -0.294 e. The Morgan fingerprint density at radius 2 is 2.05 bits per heavy atom. The fraction of sp³-hybridized carbons (Fsp3) is 0.267. The molecule has 1 aliphatic carbocycles. The fourth-order valence-corrected chi connectivity index (χ4v) is 2.47. The van der Waals surface area contributed by atoms with Gasteiger partial charge in [0.05, 0.1) is 35.6 Å². The van der Waals surface area contributed by atoms with E-state index in [0.29, 0.717) is 12.8 Å². The van der Waals surface area contributed by atoms with Gasteiger partial charge in [-0.05, 0) is 30.5 Å². The molecule has 0 N–H and O–H groups in total. The maximum absolute atomic E-state index is 11.8. The second-order valence-electron chi connectivity index (χ2n) is 4.69. The van der Waals surface area contributed by atoms with Gasteiger partial charge in [-0.15, -0.1) is 0 Å². The van der Waals surface area contributed by atoms with Crippen molar-refractivity contribution in [3.05, 3.63) is 47.3 Å². The lowest BCUT2D eigenvalue weighted by molar-refractivity contribution is 0.0972. The molecule has 0 atom stereocenters. The quantitative estimate of drug-likeness (QED) is 0.823. The van der Waals surface area contributed by atoms with Crippen LogP contribution in [0.25, 0.3) is 5.69 Å². The van der Waals surface area contributed by atoms with Crippen molar-refractivity contribution >= 4 is 5.78 Å². The summed E-state index contributed by atoms with van der Waals surface area (Å²) in [6, 6.07) is 9.87. The van der Waals surface area contributed by atoms with Crippen LogP contribution in [0.4, 0.5) is 0 Å². The summed E-state index contributed by atoms with van der Waals surface area (Å²) >= 11 is 0. The standard InChI is InChI=1S/C15H13N3O/c16-9-8-11-4-6-12(7-5-11)18-14-2-1-3-15(19)13(14)10-17-18/h4-7,10H,1-3,8H2. The van der Waals surface area contributed by atoms with Gasteiger partial charge < -0.3 is 0 Å². The van der Waals surface area contributed by atoms with Crippen LogP contribution in [0, 0.1) is 11.3 Å². The molecule has 0 bridgehead atoms. The maximum Gasteiger partial charge on any atom is 0.166 e. The van der Waals surface area contributed by atoms with E-state index in [-0.39, 0.29) is 5.78 Å². The lowest BCUT2D eigenvalue weighted by Crippen LogP contribution is -2.12. The van der Waals surface area contributed by atoms with E-state index in [2.05, 4.69) is 11.2 Å². The van der Waals surface area contributed by atoms with Gasteiger partial charge >= 0.3 is 0 Å². The molecule has 19 heavy (non-hydrogen) atoms. The first-order valence-corrected chi connectivity index (χ1v) is 6.36. The van der Waals surface area contributed by atoms with Crippen LogP contribution in [0.15, 0.2) is 30.5 Å². The Morgan fingerprint density at radius 3 is 2.79 bits per heavy atom. The van der Waals surface area contributed by atoms with Crippen LogP contribution < -0.4 is 0 Å². The van der Waals surface area contributed by atoms with Crippen molar-refractivity contribution in [3.8, 4) is 11.8 Å². The van der Waals surface area contributed by atoms with E-state index >= 15 is 0 Å². The molecule has 3 rings (SSSR count). The number of Topliss-reactive ketones (excluding diaryl/α,β-unsaturated/α-hetero) is 1. The molecule has 4 heteroatoms. The van der Waals surface area contributed by atoms with Crippen LogP contribution in [-0.4, -0.2) is 15.6 Å². The van der Waals surface area contributed by atoms with Crippen molar-refractivity contribution in [2.75, 3.05) is 0 Å². The van der Waals surface area contributed by atoms with E-state index in [0.717, 1.165) is 35.3 Å². The Labute approximate surface area is 111 Å².